The number of hydrogen-bond acceptors (Lipinski definition) is 3. The average molecular weight is 267 g/mol. The summed E-state index contributed by atoms with van der Waals surface area (Å²) in [6, 6.07) is 12.2. The first-order valence-corrected chi connectivity index (χ1v) is 6.44. The van der Waals surface area contributed by atoms with Crippen LogP contribution >= 0.6 is 0 Å². The molecule has 0 saturated heterocycles. The van der Waals surface area contributed by atoms with Crippen LogP contribution < -0.4 is 5.73 Å². The van der Waals surface area contributed by atoms with Crippen LogP contribution in [0, 0.1) is 5.82 Å². The summed E-state index contributed by atoms with van der Waals surface area (Å²) in [5, 5.41) is 0. The van der Waals surface area contributed by atoms with Crippen LogP contribution in [-0.4, -0.2) is 9.97 Å². The fraction of sp³-hybridized carbons (Fsp3) is 0.125. The second-order valence-electron chi connectivity index (χ2n) is 4.71. The lowest BCUT2D eigenvalue weighted by Gasteiger charge is -2.13. The van der Waals surface area contributed by atoms with E-state index in [1.807, 2.05) is 24.3 Å². The lowest BCUT2D eigenvalue weighted by Crippen LogP contribution is -2.14. The minimum absolute atomic E-state index is 0.219. The van der Waals surface area contributed by atoms with Crippen LogP contribution in [0.15, 0.2) is 54.9 Å². The second-order valence-corrected chi connectivity index (χ2v) is 4.71. The van der Waals surface area contributed by atoms with Crippen molar-refractivity contribution in [3.05, 3.63) is 71.8 Å². The highest BCUT2D eigenvalue weighted by atomic mass is 19.1. The Labute approximate surface area is 116 Å². The van der Waals surface area contributed by atoms with Crippen molar-refractivity contribution in [2.45, 2.75) is 12.5 Å². The fourth-order valence-electron chi connectivity index (χ4n) is 2.23. The van der Waals surface area contributed by atoms with E-state index in [0.29, 0.717) is 12.0 Å². The minimum atomic E-state index is -0.265. The Morgan fingerprint density at radius 1 is 1.00 bits per heavy atom. The molecule has 1 aromatic heterocycles. The molecule has 0 radical (unpaired) electrons. The molecule has 1 heterocycles. The van der Waals surface area contributed by atoms with Gasteiger partial charge >= 0.3 is 0 Å². The van der Waals surface area contributed by atoms with Crippen LogP contribution in [-0.2, 0) is 6.42 Å². The van der Waals surface area contributed by atoms with Gasteiger partial charge in [0.25, 0.3) is 0 Å². The number of rotatable bonds is 3. The number of aromatic nitrogens is 2. The van der Waals surface area contributed by atoms with E-state index in [1.165, 1.54) is 6.07 Å². The van der Waals surface area contributed by atoms with Gasteiger partial charge in [0, 0.05) is 18.4 Å². The molecular formula is C16H14FN3. The summed E-state index contributed by atoms with van der Waals surface area (Å²) >= 11 is 0. The predicted molar refractivity (Wildman–Crippen MR) is 76.6 cm³/mol. The molecule has 3 rings (SSSR count). The zero-order chi connectivity index (χ0) is 13.9. The van der Waals surface area contributed by atoms with Crippen LogP contribution in [0.5, 0.6) is 0 Å². The quantitative estimate of drug-likeness (QED) is 0.793. The van der Waals surface area contributed by atoms with Crippen LogP contribution in [0.1, 0.15) is 17.2 Å². The van der Waals surface area contributed by atoms with Crippen molar-refractivity contribution in [1.82, 2.24) is 9.97 Å². The van der Waals surface area contributed by atoms with Gasteiger partial charge in [-0.2, -0.15) is 0 Å². The van der Waals surface area contributed by atoms with E-state index in [2.05, 4.69) is 9.97 Å². The van der Waals surface area contributed by atoms with Crippen molar-refractivity contribution in [1.29, 1.82) is 0 Å². The molecule has 0 saturated carbocycles. The Hall–Kier alpha value is -2.33. The number of halogens is 1. The molecular weight excluding hydrogens is 253 g/mol. The molecule has 3 aromatic rings. The average Bonchev–Trinajstić information content (AvgIpc) is 2.49. The van der Waals surface area contributed by atoms with Crippen molar-refractivity contribution in [3.63, 3.8) is 0 Å². The summed E-state index contributed by atoms with van der Waals surface area (Å²) in [6.45, 7) is 0. The summed E-state index contributed by atoms with van der Waals surface area (Å²) in [4.78, 5) is 8.47. The number of fused-ring (bicyclic) bond motifs is 1. The first-order chi connectivity index (χ1) is 9.74. The van der Waals surface area contributed by atoms with Gasteiger partial charge in [-0.25, -0.2) is 4.39 Å². The fourth-order valence-corrected chi connectivity index (χ4v) is 2.23. The molecule has 0 spiro atoms. The van der Waals surface area contributed by atoms with E-state index in [0.717, 1.165) is 16.6 Å². The molecule has 0 aliphatic carbocycles. The smallest absolute Gasteiger partial charge is 0.126 e. The van der Waals surface area contributed by atoms with E-state index in [9.17, 15) is 4.39 Å². The van der Waals surface area contributed by atoms with E-state index in [4.69, 9.17) is 5.73 Å². The number of nitrogens with zero attached hydrogens (tertiary/aromatic N) is 2. The Kier molecular flexibility index (Phi) is 3.39. The molecule has 100 valence electrons. The first-order valence-electron chi connectivity index (χ1n) is 6.44. The molecule has 4 heteroatoms. The Balaban J connectivity index is 1.89. The highest BCUT2D eigenvalue weighted by Crippen LogP contribution is 2.20. The molecule has 0 amide bonds. The maximum Gasteiger partial charge on any atom is 0.126 e. The van der Waals surface area contributed by atoms with E-state index in [1.54, 1.807) is 24.5 Å². The van der Waals surface area contributed by atoms with E-state index in [-0.39, 0.29) is 11.9 Å². The summed E-state index contributed by atoms with van der Waals surface area (Å²) < 4.78 is 13.6. The Bertz CT molecular complexity index is 742. The molecule has 2 aromatic carbocycles. The lowest BCUT2D eigenvalue weighted by molar-refractivity contribution is 0.593. The monoisotopic (exact) mass is 267 g/mol. The normalized spacial score (nSPS) is 12.5. The third kappa shape index (κ3) is 2.51. The van der Waals surface area contributed by atoms with E-state index < -0.39 is 0 Å². The maximum atomic E-state index is 13.6. The van der Waals surface area contributed by atoms with Gasteiger partial charge in [0.1, 0.15) is 5.82 Å². The molecule has 20 heavy (non-hydrogen) atoms. The number of benzene rings is 2. The molecule has 0 aliphatic rings. The molecule has 0 bridgehead atoms. The standard InChI is InChI=1S/C16H14FN3/c17-13-4-2-1-3-11(13)9-14(18)12-5-6-15-16(10-12)20-8-7-19-15/h1-8,10,14H,9,18H2. The van der Waals surface area contributed by atoms with E-state index >= 15 is 0 Å². The molecule has 1 unspecified atom stereocenters. The maximum absolute atomic E-state index is 13.6. The Morgan fingerprint density at radius 3 is 2.55 bits per heavy atom. The molecule has 2 N–H and O–H groups in total. The van der Waals surface area contributed by atoms with Crippen molar-refractivity contribution in [2.24, 2.45) is 5.73 Å². The SMILES string of the molecule is NC(Cc1ccccc1F)c1ccc2nccnc2c1. The van der Waals surface area contributed by atoms with Crippen LogP contribution in [0.3, 0.4) is 0 Å². The van der Waals surface area contributed by atoms with Gasteiger partial charge in [-0.15, -0.1) is 0 Å². The van der Waals surface area contributed by atoms with Crippen molar-refractivity contribution in [2.75, 3.05) is 0 Å². The van der Waals surface area contributed by atoms with Gasteiger partial charge in [-0.1, -0.05) is 24.3 Å². The third-order valence-electron chi connectivity index (χ3n) is 3.32. The van der Waals surface area contributed by atoms with Gasteiger partial charge in [0.15, 0.2) is 0 Å². The highest BCUT2D eigenvalue weighted by molar-refractivity contribution is 5.74. The Morgan fingerprint density at radius 2 is 1.75 bits per heavy atom. The van der Waals surface area contributed by atoms with Crippen molar-refractivity contribution >= 4 is 11.0 Å². The number of nitrogens with two attached hydrogens (primary N) is 1. The third-order valence-corrected chi connectivity index (χ3v) is 3.32. The van der Waals surface area contributed by atoms with Gasteiger partial charge in [0.2, 0.25) is 0 Å². The van der Waals surface area contributed by atoms with Crippen LogP contribution in [0.25, 0.3) is 11.0 Å². The molecule has 1 atom stereocenters. The molecule has 0 fully saturated rings. The summed E-state index contributed by atoms with van der Waals surface area (Å²) in [5.41, 5.74) is 9.36. The van der Waals surface area contributed by atoms with Crippen LogP contribution in [0.2, 0.25) is 0 Å². The first kappa shape index (κ1) is 12.7. The van der Waals surface area contributed by atoms with Crippen LogP contribution in [0.4, 0.5) is 4.39 Å². The van der Waals surface area contributed by atoms with Gasteiger partial charge < -0.3 is 5.73 Å². The van der Waals surface area contributed by atoms with Crippen molar-refractivity contribution < 1.29 is 4.39 Å². The largest absolute Gasteiger partial charge is 0.324 e. The van der Waals surface area contributed by atoms with Gasteiger partial charge in [0.05, 0.1) is 11.0 Å². The van der Waals surface area contributed by atoms with Gasteiger partial charge in [-0.3, -0.25) is 9.97 Å². The topological polar surface area (TPSA) is 51.8 Å². The number of hydrogen-bond donors (Lipinski definition) is 1. The summed E-state index contributed by atoms with van der Waals surface area (Å²) in [7, 11) is 0. The summed E-state index contributed by atoms with van der Waals surface area (Å²) in [5.74, 6) is -0.219. The van der Waals surface area contributed by atoms with Crippen molar-refractivity contribution in [3.8, 4) is 0 Å². The second kappa shape index (κ2) is 5.35. The molecule has 3 nitrogen and oxygen atoms in total. The summed E-state index contributed by atoms with van der Waals surface area (Å²) in [6.07, 6.45) is 3.76. The zero-order valence-corrected chi connectivity index (χ0v) is 10.8. The lowest BCUT2D eigenvalue weighted by atomic mass is 9.99. The zero-order valence-electron chi connectivity index (χ0n) is 10.8. The molecule has 0 aliphatic heterocycles. The van der Waals surface area contributed by atoms with Gasteiger partial charge in [-0.05, 0) is 35.7 Å². The minimum Gasteiger partial charge on any atom is -0.324 e. The highest BCUT2D eigenvalue weighted by Gasteiger charge is 2.11. The predicted octanol–water partition coefficient (Wildman–Crippen LogP) is 3.01.